The molecule has 3 fully saturated rings. The van der Waals surface area contributed by atoms with Crippen molar-refractivity contribution in [2.75, 3.05) is 6.54 Å². The molecule has 2 saturated heterocycles. The van der Waals surface area contributed by atoms with Crippen LogP contribution in [0.15, 0.2) is 0 Å². The lowest BCUT2D eigenvalue weighted by Crippen LogP contribution is -2.63. The van der Waals surface area contributed by atoms with E-state index in [9.17, 15) is 9.59 Å². The highest BCUT2D eigenvalue weighted by molar-refractivity contribution is 5.97. The highest BCUT2D eigenvalue weighted by Crippen LogP contribution is 2.36. The van der Waals surface area contributed by atoms with Gasteiger partial charge in [0, 0.05) is 12.6 Å². The second-order valence-corrected chi connectivity index (χ2v) is 6.14. The maximum Gasteiger partial charge on any atom is 0.246 e. The molecule has 0 N–H and O–H groups in total. The van der Waals surface area contributed by atoms with Crippen LogP contribution in [0.5, 0.6) is 0 Å². The number of rotatable bonds is 3. The van der Waals surface area contributed by atoms with E-state index in [1.165, 1.54) is 12.8 Å². The van der Waals surface area contributed by atoms with Crippen molar-refractivity contribution in [3.63, 3.8) is 0 Å². The lowest BCUT2D eigenvalue weighted by Gasteiger charge is -2.44. The van der Waals surface area contributed by atoms with Crippen LogP contribution in [0.1, 0.15) is 46.0 Å². The van der Waals surface area contributed by atoms with Crippen molar-refractivity contribution in [3.05, 3.63) is 0 Å². The van der Waals surface area contributed by atoms with Crippen molar-refractivity contribution in [1.29, 1.82) is 0 Å². The van der Waals surface area contributed by atoms with Crippen molar-refractivity contribution in [1.82, 2.24) is 9.80 Å². The minimum absolute atomic E-state index is 0.153. The first-order chi connectivity index (χ1) is 8.59. The van der Waals surface area contributed by atoms with Crippen molar-refractivity contribution in [2.24, 2.45) is 5.92 Å². The molecule has 0 spiro atoms. The summed E-state index contributed by atoms with van der Waals surface area (Å²) in [6.07, 6.45) is 5.48. The Morgan fingerprint density at radius 1 is 1.22 bits per heavy atom. The number of fused-ring (bicyclic) bond motifs is 1. The third-order valence-corrected chi connectivity index (χ3v) is 4.70. The lowest BCUT2D eigenvalue weighted by molar-refractivity contribution is -0.161. The second-order valence-electron chi connectivity index (χ2n) is 6.14. The van der Waals surface area contributed by atoms with Crippen LogP contribution in [0, 0.1) is 5.92 Å². The molecule has 3 rings (SSSR count). The Labute approximate surface area is 108 Å². The van der Waals surface area contributed by atoms with E-state index in [1.54, 1.807) is 4.90 Å². The summed E-state index contributed by atoms with van der Waals surface area (Å²) >= 11 is 0. The van der Waals surface area contributed by atoms with E-state index in [0.717, 1.165) is 31.7 Å². The van der Waals surface area contributed by atoms with Gasteiger partial charge >= 0.3 is 0 Å². The Bertz CT molecular complexity index is 378. The van der Waals surface area contributed by atoms with Crippen LogP contribution in [-0.2, 0) is 9.59 Å². The van der Waals surface area contributed by atoms with Gasteiger partial charge in [-0.25, -0.2) is 0 Å². The molecule has 0 aromatic rings. The van der Waals surface area contributed by atoms with Gasteiger partial charge in [-0.3, -0.25) is 9.59 Å². The summed E-state index contributed by atoms with van der Waals surface area (Å²) in [6.45, 7) is 4.76. The molecule has 0 radical (unpaired) electrons. The van der Waals surface area contributed by atoms with Gasteiger partial charge in [0.25, 0.3) is 0 Å². The first kappa shape index (κ1) is 12.0. The Morgan fingerprint density at radius 3 is 2.61 bits per heavy atom. The molecule has 100 valence electrons. The molecule has 3 aliphatic rings. The lowest BCUT2D eigenvalue weighted by atomic mass is 10.0. The molecule has 2 aliphatic heterocycles. The summed E-state index contributed by atoms with van der Waals surface area (Å²) in [4.78, 5) is 28.5. The molecule has 0 aromatic carbocycles. The Balaban J connectivity index is 1.79. The first-order valence-electron chi connectivity index (χ1n) is 7.22. The summed E-state index contributed by atoms with van der Waals surface area (Å²) in [5.74, 6) is 1.13. The normalized spacial score (nSPS) is 33.9. The van der Waals surface area contributed by atoms with E-state index in [0.29, 0.717) is 0 Å². The van der Waals surface area contributed by atoms with Crippen LogP contribution in [0.4, 0.5) is 0 Å². The zero-order valence-corrected chi connectivity index (χ0v) is 11.3. The predicted molar refractivity (Wildman–Crippen MR) is 67.8 cm³/mol. The van der Waals surface area contributed by atoms with Gasteiger partial charge in [-0.1, -0.05) is 12.8 Å². The maximum absolute atomic E-state index is 12.5. The van der Waals surface area contributed by atoms with Crippen molar-refractivity contribution < 1.29 is 9.59 Å². The molecule has 18 heavy (non-hydrogen) atoms. The summed E-state index contributed by atoms with van der Waals surface area (Å²) in [5, 5.41) is 0. The average Bonchev–Trinajstić information content (AvgIpc) is 2.99. The van der Waals surface area contributed by atoms with Gasteiger partial charge in [0.15, 0.2) is 0 Å². The SMILES string of the molecule is CC(CC1CC1)N1C(=O)C2CCCN2C(=O)C1C. The number of piperazine rings is 1. The number of carbonyl (C=O) groups excluding carboxylic acids is 2. The number of hydrogen-bond donors (Lipinski definition) is 0. The molecule has 0 aromatic heterocycles. The fraction of sp³-hybridized carbons (Fsp3) is 0.857. The van der Waals surface area contributed by atoms with E-state index in [2.05, 4.69) is 6.92 Å². The Morgan fingerprint density at radius 2 is 1.94 bits per heavy atom. The molecule has 2 heterocycles. The van der Waals surface area contributed by atoms with Gasteiger partial charge < -0.3 is 9.80 Å². The Kier molecular flexibility index (Phi) is 2.83. The molecule has 4 nitrogen and oxygen atoms in total. The van der Waals surface area contributed by atoms with Gasteiger partial charge in [-0.2, -0.15) is 0 Å². The molecular weight excluding hydrogens is 228 g/mol. The fourth-order valence-electron chi connectivity index (χ4n) is 3.56. The van der Waals surface area contributed by atoms with Gasteiger partial charge in [0.2, 0.25) is 11.8 Å². The highest BCUT2D eigenvalue weighted by Gasteiger charge is 2.47. The van der Waals surface area contributed by atoms with Crippen LogP contribution < -0.4 is 0 Å². The second kappa shape index (κ2) is 4.25. The van der Waals surface area contributed by atoms with Crippen LogP contribution >= 0.6 is 0 Å². The van der Waals surface area contributed by atoms with Crippen LogP contribution in [-0.4, -0.2) is 46.3 Å². The van der Waals surface area contributed by atoms with E-state index in [-0.39, 0.29) is 29.9 Å². The zero-order valence-electron chi connectivity index (χ0n) is 11.3. The van der Waals surface area contributed by atoms with Gasteiger partial charge in [0.1, 0.15) is 12.1 Å². The van der Waals surface area contributed by atoms with E-state index < -0.39 is 0 Å². The summed E-state index contributed by atoms with van der Waals surface area (Å²) in [5.41, 5.74) is 0. The summed E-state index contributed by atoms with van der Waals surface area (Å²) in [7, 11) is 0. The van der Waals surface area contributed by atoms with Gasteiger partial charge in [-0.15, -0.1) is 0 Å². The number of carbonyl (C=O) groups is 2. The minimum Gasteiger partial charge on any atom is -0.329 e. The minimum atomic E-state index is -0.263. The predicted octanol–water partition coefficient (Wildman–Crippen LogP) is 1.40. The fourth-order valence-corrected chi connectivity index (χ4v) is 3.56. The average molecular weight is 250 g/mol. The summed E-state index contributed by atoms with van der Waals surface area (Å²) < 4.78 is 0. The van der Waals surface area contributed by atoms with Crippen LogP contribution in [0.3, 0.4) is 0 Å². The smallest absolute Gasteiger partial charge is 0.246 e. The molecule has 1 saturated carbocycles. The van der Waals surface area contributed by atoms with Crippen molar-refractivity contribution in [3.8, 4) is 0 Å². The van der Waals surface area contributed by atoms with Crippen LogP contribution in [0.25, 0.3) is 0 Å². The molecule has 4 heteroatoms. The molecule has 3 atom stereocenters. The van der Waals surface area contributed by atoms with E-state index >= 15 is 0 Å². The van der Waals surface area contributed by atoms with Crippen molar-refractivity contribution >= 4 is 11.8 Å². The van der Waals surface area contributed by atoms with Crippen LogP contribution in [0.2, 0.25) is 0 Å². The summed E-state index contributed by atoms with van der Waals surface area (Å²) in [6, 6.07) is -0.206. The third-order valence-electron chi connectivity index (χ3n) is 4.70. The third kappa shape index (κ3) is 1.82. The molecule has 0 bridgehead atoms. The van der Waals surface area contributed by atoms with Gasteiger partial charge in [0.05, 0.1) is 0 Å². The highest BCUT2D eigenvalue weighted by atomic mass is 16.2. The van der Waals surface area contributed by atoms with Gasteiger partial charge in [-0.05, 0) is 39.0 Å². The largest absolute Gasteiger partial charge is 0.329 e. The number of hydrogen-bond acceptors (Lipinski definition) is 2. The molecular formula is C14H22N2O2. The molecule has 2 amide bonds. The first-order valence-corrected chi connectivity index (χ1v) is 7.22. The topological polar surface area (TPSA) is 40.6 Å². The van der Waals surface area contributed by atoms with E-state index in [1.807, 2.05) is 11.8 Å². The number of amides is 2. The van der Waals surface area contributed by atoms with Crippen molar-refractivity contribution in [2.45, 2.75) is 64.1 Å². The maximum atomic E-state index is 12.5. The zero-order chi connectivity index (χ0) is 12.9. The monoisotopic (exact) mass is 250 g/mol. The molecule has 3 unspecified atom stereocenters. The standard InChI is InChI=1S/C14H22N2O2/c1-9(8-11-5-6-11)16-10(2)13(17)15-7-3-4-12(15)14(16)18/h9-12H,3-8H2,1-2H3. The van der Waals surface area contributed by atoms with E-state index in [4.69, 9.17) is 0 Å². The number of nitrogens with zero attached hydrogens (tertiary/aromatic N) is 2. The molecule has 1 aliphatic carbocycles. The Hall–Kier alpha value is -1.06. The quantitative estimate of drug-likeness (QED) is 0.759.